The number of aromatic nitrogens is 1. The second-order valence-corrected chi connectivity index (χ2v) is 6.20. The van der Waals surface area contributed by atoms with Crippen LogP contribution in [0.4, 0.5) is 5.69 Å². The number of pyridine rings is 1. The molecule has 0 saturated heterocycles. The Bertz CT molecular complexity index is 1150. The van der Waals surface area contributed by atoms with Crippen LogP contribution < -0.4 is 4.57 Å². The van der Waals surface area contributed by atoms with Crippen LogP contribution in [0.3, 0.4) is 0 Å². The van der Waals surface area contributed by atoms with Crippen molar-refractivity contribution in [3.63, 3.8) is 0 Å². The first-order valence-corrected chi connectivity index (χ1v) is 7.89. The maximum atomic E-state index is 7.38. The fourth-order valence-corrected chi connectivity index (χ4v) is 3.32. The monoisotopic (exact) mass is 313 g/mol. The highest BCUT2D eigenvalue weighted by Gasteiger charge is 2.21. The molecule has 0 atom stereocenters. The smallest absolute Gasteiger partial charge is 0.229 e. The molecule has 116 valence electrons. The average molecular weight is 313 g/mol. The first kappa shape index (κ1) is 14.5. The first-order valence-electron chi connectivity index (χ1n) is 7.89. The van der Waals surface area contributed by atoms with E-state index in [0.717, 1.165) is 22.0 Å². The van der Waals surface area contributed by atoms with Gasteiger partial charge in [-0.2, -0.15) is 0 Å². The van der Waals surface area contributed by atoms with Gasteiger partial charge >= 0.3 is 0 Å². The van der Waals surface area contributed by atoms with Crippen molar-refractivity contribution in [3.05, 3.63) is 71.2 Å². The van der Waals surface area contributed by atoms with Crippen molar-refractivity contribution < 1.29 is 8.98 Å². The highest BCUT2D eigenvalue weighted by Crippen LogP contribution is 2.40. The molecule has 4 aromatic rings. The molecule has 0 bridgehead atoms. The van der Waals surface area contributed by atoms with Gasteiger partial charge in [-0.1, -0.05) is 24.3 Å². The van der Waals surface area contributed by atoms with Gasteiger partial charge in [0.1, 0.15) is 18.2 Å². The lowest BCUT2D eigenvalue weighted by Gasteiger charge is -2.07. The molecule has 0 fully saturated rings. The zero-order chi connectivity index (χ0) is 16.8. The van der Waals surface area contributed by atoms with Crippen LogP contribution in [0.5, 0.6) is 0 Å². The number of hydrogen-bond donors (Lipinski definition) is 0. The van der Waals surface area contributed by atoms with E-state index in [1.807, 2.05) is 18.2 Å². The van der Waals surface area contributed by atoms with Crippen molar-refractivity contribution in [1.82, 2.24) is 0 Å². The number of nitrogens with zero attached hydrogens (tertiary/aromatic N) is 2. The Balaban J connectivity index is 2.22. The predicted octanol–water partition coefficient (Wildman–Crippen LogP) is 5.25. The molecule has 2 aromatic carbocycles. The van der Waals surface area contributed by atoms with Crippen molar-refractivity contribution in [3.8, 4) is 11.3 Å². The van der Waals surface area contributed by atoms with Gasteiger partial charge in [0.25, 0.3) is 0 Å². The molecule has 0 N–H and O–H groups in total. The van der Waals surface area contributed by atoms with E-state index in [0.29, 0.717) is 11.3 Å². The fourth-order valence-electron chi connectivity index (χ4n) is 3.32. The molecular formula is C21H17N2O+. The number of rotatable bonds is 1. The Morgan fingerprint density at radius 1 is 1.08 bits per heavy atom. The lowest BCUT2D eigenvalue weighted by atomic mass is 9.97. The SMILES string of the molecule is [C-]#[N+]c1cccc2c1oc1ccc(C)c(-c3cc(C)cc[n+]3C)c12. The zero-order valence-corrected chi connectivity index (χ0v) is 13.9. The molecular weight excluding hydrogens is 296 g/mol. The van der Waals surface area contributed by atoms with E-state index in [9.17, 15) is 0 Å². The minimum atomic E-state index is 0.556. The second-order valence-electron chi connectivity index (χ2n) is 6.20. The van der Waals surface area contributed by atoms with Crippen LogP contribution >= 0.6 is 0 Å². The fraction of sp³-hybridized carbons (Fsp3) is 0.143. The van der Waals surface area contributed by atoms with Crippen LogP contribution in [0.25, 0.3) is 38.0 Å². The quantitative estimate of drug-likeness (QED) is 0.347. The topological polar surface area (TPSA) is 21.4 Å². The van der Waals surface area contributed by atoms with E-state index >= 15 is 0 Å². The van der Waals surface area contributed by atoms with Crippen molar-refractivity contribution in [2.75, 3.05) is 0 Å². The van der Waals surface area contributed by atoms with Crippen molar-refractivity contribution >= 4 is 27.6 Å². The van der Waals surface area contributed by atoms with Crippen LogP contribution in [-0.2, 0) is 7.05 Å². The maximum absolute atomic E-state index is 7.38. The summed E-state index contributed by atoms with van der Waals surface area (Å²) in [4.78, 5) is 3.60. The molecule has 0 radical (unpaired) electrons. The van der Waals surface area contributed by atoms with Gasteiger partial charge < -0.3 is 4.42 Å². The standard InChI is InChI=1S/C21H17N2O/c1-13-10-11-23(4)17(12-13)19-14(2)8-9-18-20(19)15-6-5-7-16(22-3)21(15)24-18/h5-12H,1-2,4H3/q+1. The molecule has 3 nitrogen and oxygen atoms in total. The molecule has 0 spiro atoms. The van der Waals surface area contributed by atoms with Crippen molar-refractivity contribution in [2.24, 2.45) is 7.05 Å². The van der Waals surface area contributed by atoms with Crippen LogP contribution in [0.15, 0.2) is 53.1 Å². The van der Waals surface area contributed by atoms with E-state index in [-0.39, 0.29) is 0 Å². The molecule has 0 aliphatic rings. The number of furan rings is 1. The van der Waals surface area contributed by atoms with Gasteiger partial charge in [0.2, 0.25) is 11.4 Å². The van der Waals surface area contributed by atoms with Crippen molar-refractivity contribution in [2.45, 2.75) is 13.8 Å². The summed E-state index contributed by atoms with van der Waals surface area (Å²) in [7, 11) is 2.06. The lowest BCUT2D eigenvalue weighted by Crippen LogP contribution is -2.30. The third-order valence-corrected chi connectivity index (χ3v) is 4.53. The van der Waals surface area contributed by atoms with Gasteiger partial charge in [0.05, 0.1) is 12.1 Å². The molecule has 2 aromatic heterocycles. The number of hydrogen-bond acceptors (Lipinski definition) is 1. The molecule has 0 saturated carbocycles. The van der Waals surface area contributed by atoms with Gasteiger partial charge in [0, 0.05) is 22.9 Å². The number of para-hydroxylation sites is 1. The van der Waals surface area contributed by atoms with Gasteiger partial charge in [-0.15, -0.1) is 0 Å². The Labute approximate surface area is 140 Å². The Hall–Kier alpha value is -3.12. The predicted molar refractivity (Wildman–Crippen MR) is 96.1 cm³/mol. The molecule has 0 aliphatic heterocycles. The highest BCUT2D eigenvalue weighted by molar-refractivity contribution is 6.15. The third kappa shape index (κ3) is 2.00. The molecule has 3 heteroatoms. The number of benzene rings is 2. The molecule has 4 rings (SSSR count). The van der Waals surface area contributed by atoms with Crippen LogP contribution in [0.1, 0.15) is 11.1 Å². The van der Waals surface area contributed by atoms with Gasteiger partial charge in [-0.25, -0.2) is 9.41 Å². The van der Waals surface area contributed by atoms with E-state index in [1.165, 1.54) is 16.7 Å². The van der Waals surface area contributed by atoms with E-state index in [2.05, 4.69) is 54.7 Å². The largest absolute Gasteiger partial charge is 0.467 e. The summed E-state index contributed by atoms with van der Waals surface area (Å²) in [5.41, 5.74) is 6.77. The normalized spacial score (nSPS) is 11.1. The maximum Gasteiger partial charge on any atom is 0.229 e. The summed E-state index contributed by atoms with van der Waals surface area (Å²) in [5, 5.41) is 2.08. The van der Waals surface area contributed by atoms with E-state index in [4.69, 9.17) is 11.0 Å². The Morgan fingerprint density at radius 3 is 2.71 bits per heavy atom. The zero-order valence-electron chi connectivity index (χ0n) is 13.9. The van der Waals surface area contributed by atoms with Crippen molar-refractivity contribution in [1.29, 1.82) is 0 Å². The van der Waals surface area contributed by atoms with Gasteiger partial charge in [-0.3, -0.25) is 0 Å². The molecule has 0 aliphatic carbocycles. The minimum Gasteiger partial charge on any atom is -0.467 e. The first-order chi connectivity index (χ1) is 11.6. The average Bonchev–Trinajstić information content (AvgIpc) is 2.96. The molecule has 0 amide bonds. The molecule has 24 heavy (non-hydrogen) atoms. The summed E-state index contributed by atoms with van der Waals surface area (Å²) in [6.07, 6.45) is 2.08. The van der Waals surface area contributed by atoms with E-state index in [1.54, 1.807) is 6.07 Å². The Morgan fingerprint density at radius 2 is 1.92 bits per heavy atom. The molecule has 0 unspecified atom stereocenters. The minimum absolute atomic E-state index is 0.556. The summed E-state index contributed by atoms with van der Waals surface area (Å²) < 4.78 is 8.17. The third-order valence-electron chi connectivity index (χ3n) is 4.53. The van der Waals surface area contributed by atoms with Crippen LogP contribution in [0, 0.1) is 20.4 Å². The van der Waals surface area contributed by atoms with E-state index < -0.39 is 0 Å². The number of fused-ring (bicyclic) bond motifs is 3. The summed E-state index contributed by atoms with van der Waals surface area (Å²) in [6, 6.07) is 14.1. The Kier molecular flexibility index (Phi) is 3.14. The van der Waals surface area contributed by atoms with Gasteiger partial charge in [0.15, 0.2) is 6.20 Å². The lowest BCUT2D eigenvalue weighted by molar-refractivity contribution is -0.660. The van der Waals surface area contributed by atoms with Gasteiger partial charge in [-0.05, 0) is 31.0 Å². The summed E-state index contributed by atoms with van der Waals surface area (Å²) in [6.45, 7) is 11.6. The summed E-state index contributed by atoms with van der Waals surface area (Å²) >= 11 is 0. The van der Waals surface area contributed by atoms with Crippen LogP contribution in [-0.4, -0.2) is 0 Å². The molecule has 2 heterocycles. The second kappa shape index (κ2) is 5.21. The van der Waals surface area contributed by atoms with Crippen LogP contribution in [0.2, 0.25) is 0 Å². The summed E-state index contributed by atoms with van der Waals surface area (Å²) in [5.74, 6) is 0. The highest BCUT2D eigenvalue weighted by atomic mass is 16.3. The number of aryl methyl sites for hydroxylation is 3.